The number of halogens is 1. The quantitative estimate of drug-likeness (QED) is 0.863. The molecule has 0 saturated heterocycles. The van der Waals surface area contributed by atoms with Crippen LogP contribution in [0, 0.1) is 11.3 Å². The molecule has 5 heteroatoms. The number of nitrogens with two attached hydrogens (primary N) is 1. The lowest BCUT2D eigenvalue weighted by Gasteiger charge is -2.04. The molecule has 2 N–H and O–H groups in total. The number of nitrogens with zero attached hydrogens (tertiary/aromatic N) is 2. The van der Waals surface area contributed by atoms with Crippen molar-refractivity contribution in [1.29, 1.82) is 5.26 Å². The average Bonchev–Trinajstić information content (AvgIpc) is 2.34. The minimum Gasteiger partial charge on any atom is -0.398 e. The van der Waals surface area contributed by atoms with Gasteiger partial charge >= 0.3 is 0 Å². The summed E-state index contributed by atoms with van der Waals surface area (Å²) in [5.41, 5.74) is 7.03. The summed E-state index contributed by atoms with van der Waals surface area (Å²) < 4.78 is 0.939. The van der Waals surface area contributed by atoms with Gasteiger partial charge in [-0.2, -0.15) is 5.26 Å². The van der Waals surface area contributed by atoms with Gasteiger partial charge in [0.1, 0.15) is 5.03 Å². The van der Waals surface area contributed by atoms with Gasteiger partial charge in [-0.05, 0) is 46.3 Å². The number of anilines is 1. The molecule has 84 valence electrons. The summed E-state index contributed by atoms with van der Waals surface area (Å²) >= 11 is 4.81. The van der Waals surface area contributed by atoms with E-state index < -0.39 is 0 Å². The van der Waals surface area contributed by atoms with Crippen LogP contribution in [0.4, 0.5) is 5.69 Å². The number of rotatable bonds is 2. The van der Waals surface area contributed by atoms with Gasteiger partial charge in [-0.3, -0.25) is 0 Å². The molecule has 0 bridgehead atoms. The van der Waals surface area contributed by atoms with Crippen LogP contribution in [0.3, 0.4) is 0 Å². The van der Waals surface area contributed by atoms with Gasteiger partial charge in [0.2, 0.25) is 0 Å². The zero-order chi connectivity index (χ0) is 12.3. The van der Waals surface area contributed by atoms with E-state index in [-0.39, 0.29) is 0 Å². The Hall–Kier alpha value is -1.51. The minimum atomic E-state index is 0.565. The normalized spacial score (nSPS) is 9.88. The molecule has 3 nitrogen and oxygen atoms in total. The number of nitrogen functional groups attached to an aromatic ring is 1. The van der Waals surface area contributed by atoms with E-state index in [0.29, 0.717) is 11.3 Å². The van der Waals surface area contributed by atoms with E-state index in [1.807, 2.05) is 18.2 Å². The molecule has 0 saturated carbocycles. The molecule has 0 radical (unpaired) electrons. The topological polar surface area (TPSA) is 62.7 Å². The third-order valence-electron chi connectivity index (χ3n) is 2.05. The number of nitriles is 1. The lowest BCUT2D eigenvalue weighted by Crippen LogP contribution is -1.90. The predicted octanol–water partition coefficient (Wildman–Crippen LogP) is 3.45. The van der Waals surface area contributed by atoms with E-state index in [1.54, 1.807) is 18.3 Å². The van der Waals surface area contributed by atoms with E-state index >= 15 is 0 Å². The molecule has 0 atom stereocenters. The van der Waals surface area contributed by atoms with Crippen LogP contribution in [-0.2, 0) is 0 Å². The molecule has 2 rings (SSSR count). The van der Waals surface area contributed by atoms with E-state index in [9.17, 15) is 0 Å². The van der Waals surface area contributed by atoms with Crippen molar-refractivity contribution >= 4 is 33.4 Å². The second-order valence-corrected chi connectivity index (χ2v) is 5.26. The Balaban J connectivity index is 2.25. The first kappa shape index (κ1) is 12.0. The third-order valence-corrected chi connectivity index (χ3v) is 3.57. The van der Waals surface area contributed by atoms with Crippen LogP contribution in [0.2, 0.25) is 0 Å². The lowest BCUT2D eigenvalue weighted by atomic mass is 10.2. The first-order valence-corrected chi connectivity index (χ1v) is 6.39. The monoisotopic (exact) mass is 305 g/mol. The second-order valence-electron chi connectivity index (χ2n) is 3.28. The maximum absolute atomic E-state index is 8.74. The van der Waals surface area contributed by atoms with E-state index in [4.69, 9.17) is 11.0 Å². The number of benzene rings is 1. The second kappa shape index (κ2) is 5.21. The predicted molar refractivity (Wildman–Crippen MR) is 71.6 cm³/mol. The number of hydrogen-bond acceptors (Lipinski definition) is 4. The van der Waals surface area contributed by atoms with Crippen LogP contribution in [0.1, 0.15) is 5.56 Å². The van der Waals surface area contributed by atoms with Crippen molar-refractivity contribution in [3.63, 3.8) is 0 Å². The number of hydrogen-bond donors (Lipinski definition) is 1. The first-order chi connectivity index (χ1) is 8.19. The maximum atomic E-state index is 8.74. The van der Waals surface area contributed by atoms with Gasteiger partial charge in [-0.25, -0.2) is 4.98 Å². The van der Waals surface area contributed by atoms with Crippen LogP contribution in [0.15, 0.2) is 50.9 Å². The Bertz CT molecular complexity index is 575. The van der Waals surface area contributed by atoms with Gasteiger partial charge in [-0.15, -0.1) is 0 Å². The molecule has 2 aromatic rings. The largest absolute Gasteiger partial charge is 0.398 e. The highest BCUT2D eigenvalue weighted by molar-refractivity contribution is 9.10. The molecule has 0 unspecified atom stereocenters. The van der Waals surface area contributed by atoms with Crippen molar-refractivity contribution < 1.29 is 0 Å². The molecule has 0 fully saturated rings. The Morgan fingerprint density at radius 3 is 2.71 bits per heavy atom. The van der Waals surface area contributed by atoms with Gasteiger partial charge in [-0.1, -0.05) is 11.8 Å². The van der Waals surface area contributed by atoms with Gasteiger partial charge in [0.15, 0.2) is 0 Å². The molecular formula is C12H8BrN3S. The fourth-order valence-electron chi connectivity index (χ4n) is 1.25. The van der Waals surface area contributed by atoms with Crippen LogP contribution in [0.25, 0.3) is 0 Å². The molecule has 0 amide bonds. The van der Waals surface area contributed by atoms with Crippen LogP contribution < -0.4 is 5.73 Å². The molecule has 0 aliphatic carbocycles. The van der Waals surface area contributed by atoms with E-state index in [0.717, 1.165) is 14.4 Å². The third kappa shape index (κ3) is 2.99. The van der Waals surface area contributed by atoms with E-state index in [1.165, 1.54) is 11.8 Å². The zero-order valence-corrected chi connectivity index (χ0v) is 11.1. The maximum Gasteiger partial charge on any atom is 0.101 e. The Morgan fingerprint density at radius 2 is 2.12 bits per heavy atom. The average molecular weight is 306 g/mol. The van der Waals surface area contributed by atoms with Gasteiger partial charge < -0.3 is 5.73 Å². The molecule has 0 aliphatic heterocycles. The summed E-state index contributed by atoms with van der Waals surface area (Å²) in [7, 11) is 0. The minimum absolute atomic E-state index is 0.565. The zero-order valence-electron chi connectivity index (χ0n) is 8.72. The Morgan fingerprint density at radius 1 is 1.29 bits per heavy atom. The summed E-state index contributed by atoms with van der Waals surface area (Å²) in [6.07, 6.45) is 1.74. The molecule has 1 aromatic heterocycles. The van der Waals surface area contributed by atoms with Gasteiger partial charge in [0, 0.05) is 21.3 Å². The first-order valence-electron chi connectivity index (χ1n) is 4.78. The molecule has 0 aliphatic rings. The van der Waals surface area contributed by atoms with Gasteiger partial charge in [0.25, 0.3) is 0 Å². The van der Waals surface area contributed by atoms with Crippen molar-refractivity contribution in [3.8, 4) is 6.07 Å². The summed E-state index contributed by atoms with van der Waals surface area (Å²) in [6, 6.07) is 11.1. The van der Waals surface area contributed by atoms with E-state index in [2.05, 4.69) is 27.0 Å². The van der Waals surface area contributed by atoms with Crippen LogP contribution in [-0.4, -0.2) is 4.98 Å². The van der Waals surface area contributed by atoms with Crippen LogP contribution in [0.5, 0.6) is 0 Å². The molecule has 1 aromatic carbocycles. The standard InChI is InChI=1S/C12H8BrN3S/c13-9-2-4-12(16-7-9)17-11-3-1-8(6-14)5-10(11)15/h1-5,7H,15H2. The van der Waals surface area contributed by atoms with Crippen molar-refractivity contribution in [2.24, 2.45) is 0 Å². The smallest absolute Gasteiger partial charge is 0.101 e. The van der Waals surface area contributed by atoms with Crippen molar-refractivity contribution in [3.05, 3.63) is 46.6 Å². The lowest BCUT2D eigenvalue weighted by molar-refractivity contribution is 1.12. The van der Waals surface area contributed by atoms with Crippen molar-refractivity contribution in [2.75, 3.05) is 5.73 Å². The van der Waals surface area contributed by atoms with Crippen LogP contribution >= 0.6 is 27.7 Å². The highest BCUT2D eigenvalue weighted by Crippen LogP contribution is 2.31. The number of aromatic nitrogens is 1. The van der Waals surface area contributed by atoms with Crippen molar-refractivity contribution in [1.82, 2.24) is 4.98 Å². The molecule has 17 heavy (non-hydrogen) atoms. The Kier molecular flexibility index (Phi) is 3.67. The summed E-state index contributed by atoms with van der Waals surface area (Å²) in [5.74, 6) is 0. The molecular weight excluding hydrogens is 298 g/mol. The highest BCUT2D eigenvalue weighted by atomic mass is 79.9. The summed E-state index contributed by atoms with van der Waals surface area (Å²) in [5, 5.41) is 9.61. The highest BCUT2D eigenvalue weighted by Gasteiger charge is 2.04. The van der Waals surface area contributed by atoms with Gasteiger partial charge in [0.05, 0.1) is 11.6 Å². The Labute approximate surface area is 112 Å². The molecule has 1 heterocycles. The summed E-state index contributed by atoms with van der Waals surface area (Å²) in [6.45, 7) is 0. The fourth-order valence-corrected chi connectivity index (χ4v) is 2.26. The SMILES string of the molecule is N#Cc1ccc(Sc2ccc(Br)cn2)c(N)c1. The molecule has 0 spiro atoms. The summed E-state index contributed by atoms with van der Waals surface area (Å²) in [4.78, 5) is 5.15. The fraction of sp³-hybridized carbons (Fsp3) is 0. The number of pyridine rings is 1. The van der Waals surface area contributed by atoms with Crippen molar-refractivity contribution in [2.45, 2.75) is 9.92 Å².